The number of hydrogen-bond acceptors (Lipinski definition) is 8. The first-order valence-corrected chi connectivity index (χ1v) is 21.8. The quantitative estimate of drug-likeness (QED) is 0.124. The first-order valence-electron chi connectivity index (χ1n) is 17.1. The third-order valence-corrected chi connectivity index (χ3v) is 15.9. The molecule has 3 aliphatic rings. The minimum atomic E-state index is -4.09. The van der Waals surface area contributed by atoms with Crippen LogP contribution in [0.4, 0.5) is 0 Å². The molecule has 0 spiro atoms. The van der Waals surface area contributed by atoms with Crippen LogP contribution >= 0.6 is 7.60 Å². The Kier molecular flexibility index (Phi) is 12.4. The predicted octanol–water partition coefficient (Wildman–Crippen LogP) is 8.20. The summed E-state index contributed by atoms with van der Waals surface area (Å²) in [6.45, 7) is 17.0. The normalized spacial score (nSPS) is 29.9. The second-order valence-corrected chi connectivity index (χ2v) is 21.6. The Morgan fingerprint density at radius 1 is 1.15 bits per heavy atom. The van der Waals surface area contributed by atoms with Gasteiger partial charge in [-0.15, -0.1) is 0 Å². The summed E-state index contributed by atoms with van der Waals surface area (Å²) >= 11 is 0. The molecule has 2 aliphatic carbocycles. The fourth-order valence-electron chi connectivity index (χ4n) is 6.46. The van der Waals surface area contributed by atoms with Crippen molar-refractivity contribution in [3.05, 3.63) is 54.1 Å². The fraction of sp³-hybridized carbons (Fsp3) is 0.667. The van der Waals surface area contributed by atoms with E-state index >= 15 is 0 Å². The smallest absolute Gasteiger partial charge is 0.402 e. The van der Waals surface area contributed by atoms with Crippen LogP contribution in [0.5, 0.6) is 5.75 Å². The molecule has 0 aromatic heterocycles. The SMILES string of the molecule is CC[C@H](C)C(=O)O[C@H]1C[C@H](OCP(=O)(O)Oc2ccccc2)C=C2C=C[C@H](C)[C@H](CC[C@@H]3C[C@@H](O[Si](C)(C)C(C)(C)C)CC(=O)O3)[C@H]21. The van der Waals surface area contributed by atoms with E-state index in [4.69, 9.17) is 23.2 Å². The highest BCUT2D eigenvalue weighted by atomic mass is 31.2. The van der Waals surface area contributed by atoms with Crippen molar-refractivity contribution >= 4 is 27.9 Å². The van der Waals surface area contributed by atoms with Crippen LogP contribution in [0.1, 0.15) is 80.1 Å². The van der Waals surface area contributed by atoms with Crippen LogP contribution in [0.2, 0.25) is 18.1 Å². The van der Waals surface area contributed by atoms with E-state index in [-0.39, 0.29) is 65.0 Å². The topological polar surface area (TPSA) is 118 Å². The predicted molar refractivity (Wildman–Crippen MR) is 184 cm³/mol. The average Bonchev–Trinajstić information content (AvgIpc) is 2.98. The van der Waals surface area contributed by atoms with Crippen molar-refractivity contribution in [2.45, 2.75) is 123 Å². The first kappa shape index (κ1) is 37.6. The third-order valence-electron chi connectivity index (χ3n) is 10.4. The highest BCUT2D eigenvalue weighted by Crippen LogP contribution is 2.47. The summed E-state index contributed by atoms with van der Waals surface area (Å²) in [5.74, 6) is -0.179. The largest absolute Gasteiger partial charge is 0.462 e. The summed E-state index contributed by atoms with van der Waals surface area (Å²) in [7, 11) is -6.14. The summed E-state index contributed by atoms with van der Waals surface area (Å²) in [5, 5.41) is 0.0454. The molecule has 47 heavy (non-hydrogen) atoms. The number of hydrogen-bond donors (Lipinski definition) is 1. The molecule has 11 heteroatoms. The molecule has 4 rings (SSSR count). The van der Waals surface area contributed by atoms with Gasteiger partial charge in [-0.05, 0) is 66.9 Å². The molecule has 0 amide bonds. The monoisotopic (exact) mass is 690 g/mol. The van der Waals surface area contributed by atoms with E-state index in [1.165, 1.54) is 0 Å². The molecule has 1 saturated heterocycles. The highest BCUT2D eigenvalue weighted by molar-refractivity contribution is 7.53. The Balaban J connectivity index is 1.49. The molecular formula is C36H55O9PSi. The molecule has 1 fully saturated rings. The van der Waals surface area contributed by atoms with Crippen LogP contribution in [0.25, 0.3) is 0 Å². The van der Waals surface area contributed by atoms with Gasteiger partial charge in [0.25, 0.3) is 0 Å². The minimum Gasteiger partial charge on any atom is -0.462 e. The van der Waals surface area contributed by atoms with Gasteiger partial charge in [0.2, 0.25) is 0 Å². The van der Waals surface area contributed by atoms with Crippen molar-refractivity contribution in [1.82, 2.24) is 0 Å². The van der Waals surface area contributed by atoms with Gasteiger partial charge >= 0.3 is 19.5 Å². The van der Waals surface area contributed by atoms with Crippen LogP contribution in [0.15, 0.2) is 54.1 Å². The number of ether oxygens (including phenoxy) is 3. The second-order valence-electron chi connectivity index (χ2n) is 15.1. The molecule has 0 bridgehead atoms. The zero-order valence-electron chi connectivity index (χ0n) is 29.3. The van der Waals surface area contributed by atoms with Gasteiger partial charge in [-0.2, -0.15) is 0 Å². The van der Waals surface area contributed by atoms with Crippen molar-refractivity contribution in [2.24, 2.45) is 23.7 Å². The number of benzene rings is 1. The van der Waals surface area contributed by atoms with E-state index in [9.17, 15) is 19.0 Å². The van der Waals surface area contributed by atoms with Gasteiger partial charge in [0, 0.05) is 18.8 Å². The molecule has 1 aliphatic heterocycles. The molecule has 0 radical (unpaired) electrons. The van der Waals surface area contributed by atoms with E-state index in [0.29, 0.717) is 25.7 Å². The first-order chi connectivity index (χ1) is 22.0. The van der Waals surface area contributed by atoms with Gasteiger partial charge in [-0.25, -0.2) is 4.57 Å². The number of rotatable bonds is 13. The van der Waals surface area contributed by atoms with Gasteiger partial charge in [0.1, 0.15) is 18.0 Å². The Bertz CT molecular complexity index is 1340. The molecule has 1 aromatic carbocycles. The maximum Gasteiger partial charge on any atom is 0.402 e. The van der Waals surface area contributed by atoms with Gasteiger partial charge in [0.05, 0.1) is 24.5 Å². The second kappa shape index (κ2) is 15.5. The van der Waals surface area contributed by atoms with Crippen molar-refractivity contribution in [3.8, 4) is 5.75 Å². The fourth-order valence-corrected chi connectivity index (χ4v) is 8.71. The lowest BCUT2D eigenvalue weighted by molar-refractivity contribution is -0.162. The maximum absolute atomic E-state index is 13.1. The minimum absolute atomic E-state index is 0.0454. The molecule has 1 heterocycles. The number of carbonyl (C=O) groups is 2. The van der Waals surface area contributed by atoms with E-state index in [2.05, 4.69) is 52.9 Å². The van der Waals surface area contributed by atoms with Crippen molar-refractivity contribution < 1.29 is 42.2 Å². The summed E-state index contributed by atoms with van der Waals surface area (Å²) in [5.41, 5.74) is 0.989. The van der Waals surface area contributed by atoms with E-state index in [1.807, 2.05) is 19.9 Å². The lowest BCUT2D eigenvalue weighted by atomic mass is 9.66. The van der Waals surface area contributed by atoms with Crippen LogP contribution in [-0.2, 0) is 32.8 Å². The summed E-state index contributed by atoms with van der Waals surface area (Å²) in [6, 6.07) is 8.48. The standard InChI is InChI=1S/C36H55O9PSi/c1-9-24(2)35(38)43-32-21-29(41-23-46(39,40)44-27-13-11-10-12-14-27)19-26-16-15-25(3)31(34(26)32)18-17-28-20-30(22-33(37)42-28)45-47(7,8)36(4,5)6/h10-16,19,24-25,28-32,34H,9,17-18,20-23H2,1-8H3,(H,39,40)/t24-,25-,28+,29+,30+,31-,32-,34-/m0/s1. The number of allylic oxidation sites excluding steroid dienone is 2. The Morgan fingerprint density at radius 2 is 1.85 bits per heavy atom. The van der Waals surface area contributed by atoms with Crippen LogP contribution < -0.4 is 4.52 Å². The summed E-state index contributed by atoms with van der Waals surface area (Å²) < 4.78 is 42.8. The molecule has 262 valence electrons. The Morgan fingerprint density at radius 3 is 2.51 bits per heavy atom. The number of para-hydroxylation sites is 1. The van der Waals surface area contributed by atoms with Crippen molar-refractivity contribution in [3.63, 3.8) is 0 Å². The molecule has 9 atom stereocenters. The summed E-state index contributed by atoms with van der Waals surface area (Å²) in [4.78, 5) is 36.3. The zero-order chi connectivity index (χ0) is 34.6. The van der Waals surface area contributed by atoms with Crippen LogP contribution in [0, 0.1) is 23.7 Å². The Labute approximate surface area is 282 Å². The summed E-state index contributed by atoms with van der Waals surface area (Å²) in [6.07, 6.45) is 7.76. The lowest BCUT2D eigenvalue weighted by Gasteiger charge is -2.44. The zero-order valence-corrected chi connectivity index (χ0v) is 31.2. The molecule has 1 N–H and O–H groups in total. The maximum atomic E-state index is 13.1. The lowest BCUT2D eigenvalue weighted by Crippen LogP contribution is -2.47. The molecular weight excluding hydrogens is 635 g/mol. The van der Waals surface area contributed by atoms with E-state index in [0.717, 1.165) is 12.0 Å². The van der Waals surface area contributed by atoms with Crippen LogP contribution in [-0.4, -0.2) is 55.9 Å². The van der Waals surface area contributed by atoms with Gasteiger partial charge in [-0.3, -0.25) is 9.59 Å². The van der Waals surface area contributed by atoms with Gasteiger partial charge in [0.15, 0.2) is 14.7 Å². The van der Waals surface area contributed by atoms with E-state index < -0.39 is 34.5 Å². The van der Waals surface area contributed by atoms with Crippen molar-refractivity contribution in [1.29, 1.82) is 0 Å². The number of carbonyl (C=O) groups excluding carboxylic acids is 2. The number of cyclic esters (lactones) is 1. The van der Waals surface area contributed by atoms with Gasteiger partial charge in [-0.1, -0.05) is 78.0 Å². The molecule has 1 unspecified atom stereocenters. The van der Waals surface area contributed by atoms with Crippen molar-refractivity contribution in [2.75, 3.05) is 6.35 Å². The molecule has 9 nitrogen and oxygen atoms in total. The van der Waals surface area contributed by atoms with Gasteiger partial charge < -0.3 is 28.1 Å². The molecule has 0 saturated carbocycles. The average molecular weight is 691 g/mol. The molecule has 1 aromatic rings. The third kappa shape index (κ3) is 10.1. The highest BCUT2D eigenvalue weighted by Gasteiger charge is 2.45. The van der Waals surface area contributed by atoms with E-state index in [1.54, 1.807) is 30.3 Å². The number of fused-ring (bicyclic) bond motifs is 1. The van der Waals surface area contributed by atoms with Crippen LogP contribution in [0.3, 0.4) is 0 Å². The number of esters is 2. The Hall–Kier alpha value is -2.23.